The molecular formula is C16H24N4O4. The number of carbonyl (C=O) groups excluding carboxylic acids is 2. The molecular weight excluding hydrogens is 312 g/mol. The first kappa shape index (κ1) is 18.1. The molecule has 0 radical (unpaired) electrons. The van der Waals surface area contributed by atoms with E-state index in [4.69, 9.17) is 4.74 Å². The smallest absolute Gasteiger partial charge is 0.307 e. The van der Waals surface area contributed by atoms with Gasteiger partial charge in [0, 0.05) is 24.7 Å². The SMILES string of the molecule is COC(=O)C[C@H]1CC[C@@H](CNC(=O)Cn2nc(C)ccc2=O)N1C. The molecule has 0 unspecified atom stereocenters. The number of aromatic nitrogens is 2. The van der Waals surface area contributed by atoms with E-state index in [0.29, 0.717) is 18.7 Å². The van der Waals surface area contributed by atoms with Crippen molar-refractivity contribution in [1.29, 1.82) is 0 Å². The van der Waals surface area contributed by atoms with Crippen LogP contribution in [0.2, 0.25) is 0 Å². The van der Waals surface area contributed by atoms with E-state index in [0.717, 1.165) is 17.5 Å². The Morgan fingerprint density at radius 3 is 2.75 bits per heavy atom. The van der Waals surface area contributed by atoms with Gasteiger partial charge >= 0.3 is 5.97 Å². The maximum atomic E-state index is 12.0. The molecule has 132 valence electrons. The summed E-state index contributed by atoms with van der Waals surface area (Å²) in [7, 11) is 3.33. The molecule has 1 aliphatic heterocycles. The molecule has 2 atom stereocenters. The Hall–Kier alpha value is -2.22. The van der Waals surface area contributed by atoms with Crippen molar-refractivity contribution in [3.63, 3.8) is 0 Å². The number of nitrogens with zero attached hydrogens (tertiary/aromatic N) is 3. The summed E-state index contributed by atoms with van der Waals surface area (Å²) in [5, 5.41) is 6.88. The lowest BCUT2D eigenvalue weighted by molar-refractivity contribution is -0.141. The third-order valence-electron chi connectivity index (χ3n) is 4.44. The van der Waals surface area contributed by atoms with Crippen molar-refractivity contribution in [2.75, 3.05) is 20.7 Å². The molecule has 0 spiro atoms. The molecule has 1 N–H and O–H groups in total. The van der Waals surface area contributed by atoms with E-state index in [1.807, 2.05) is 7.05 Å². The van der Waals surface area contributed by atoms with Gasteiger partial charge in [-0.15, -0.1) is 0 Å². The summed E-state index contributed by atoms with van der Waals surface area (Å²) in [5.74, 6) is -0.471. The Kier molecular flexibility index (Phi) is 6.08. The second-order valence-electron chi connectivity index (χ2n) is 6.11. The van der Waals surface area contributed by atoms with Gasteiger partial charge in [0.15, 0.2) is 0 Å². The van der Waals surface area contributed by atoms with Crippen LogP contribution in [0.15, 0.2) is 16.9 Å². The molecule has 0 saturated carbocycles. The van der Waals surface area contributed by atoms with Crippen molar-refractivity contribution >= 4 is 11.9 Å². The molecule has 2 rings (SSSR count). The van der Waals surface area contributed by atoms with Crippen LogP contribution in [0, 0.1) is 6.92 Å². The summed E-state index contributed by atoms with van der Waals surface area (Å²) in [4.78, 5) is 37.2. The Labute approximate surface area is 140 Å². The highest BCUT2D eigenvalue weighted by molar-refractivity contribution is 5.75. The summed E-state index contributed by atoms with van der Waals surface area (Å²) >= 11 is 0. The topological polar surface area (TPSA) is 93.5 Å². The van der Waals surface area contributed by atoms with Crippen LogP contribution >= 0.6 is 0 Å². The number of aryl methyl sites for hydroxylation is 1. The molecule has 1 fully saturated rings. The van der Waals surface area contributed by atoms with Gasteiger partial charge in [0.1, 0.15) is 6.54 Å². The van der Waals surface area contributed by atoms with Gasteiger partial charge in [-0.05, 0) is 32.9 Å². The van der Waals surface area contributed by atoms with Crippen LogP contribution in [0.4, 0.5) is 0 Å². The van der Waals surface area contributed by atoms with Gasteiger partial charge in [0.25, 0.3) is 5.56 Å². The lowest BCUT2D eigenvalue weighted by Crippen LogP contribution is -2.43. The number of likely N-dealkylation sites (N-methyl/N-ethyl adjacent to an activating group) is 1. The van der Waals surface area contributed by atoms with Crippen LogP contribution < -0.4 is 10.9 Å². The lowest BCUT2D eigenvalue weighted by Gasteiger charge is -2.25. The summed E-state index contributed by atoms with van der Waals surface area (Å²) < 4.78 is 5.86. The fourth-order valence-corrected chi connectivity index (χ4v) is 2.95. The number of likely N-dealkylation sites (tertiary alicyclic amines) is 1. The van der Waals surface area contributed by atoms with Crippen LogP contribution in [0.5, 0.6) is 0 Å². The number of methoxy groups -OCH3 is 1. The van der Waals surface area contributed by atoms with Gasteiger partial charge in [-0.1, -0.05) is 0 Å². The molecule has 1 aliphatic rings. The predicted octanol–water partition coefficient (Wildman–Crippen LogP) is -0.306. The molecule has 8 heteroatoms. The fourth-order valence-electron chi connectivity index (χ4n) is 2.95. The number of esters is 1. The number of amides is 1. The molecule has 1 amide bonds. The quantitative estimate of drug-likeness (QED) is 0.717. The Balaban J connectivity index is 1.83. The molecule has 1 aromatic heterocycles. The highest BCUT2D eigenvalue weighted by Crippen LogP contribution is 2.24. The van der Waals surface area contributed by atoms with E-state index >= 15 is 0 Å². The first-order chi connectivity index (χ1) is 11.4. The normalized spacial score (nSPS) is 20.8. The molecule has 2 heterocycles. The van der Waals surface area contributed by atoms with E-state index in [-0.39, 0.29) is 36.1 Å². The first-order valence-electron chi connectivity index (χ1n) is 8.01. The highest BCUT2D eigenvalue weighted by Gasteiger charge is 2.32. The largest absolute Gasteiger partial charge is 0.469 e. The second kappa shape index (κ2) is 8.05. The van der Waals surface area contributed by atoms with Gasteiger partial charge in [-0.2, -0.15) is 5.10 Å². The van der Waals surface area contributed by atoms with Gasteiger partial charge < -0.3 is 10.1 Å². The van der Waals surface area contributed by atoms with Gasteiger partial charge in [-0.25, -0.2) is 4.68 Å². The minimum Gasteiger partial charge on any atom is -0.469 e. The van der Waals surface area contributed by atoms with E-state index in [1.54, 1.807) is 13.0 Å². The van der Waals surface area contributed by atoms with E-state index in [2.05, 4.69) is 15.3 Å². The monoisotopic (exact) mass is 336 g/mol. The van der Waals surface area contributed by atoms with E-state index < -0.39 is 0 Å². The van der Waals surface area contributed by atoms with Crippen molar-refractivity contribution in [3.8, 4) is 0 Å². The standard InChI is InChI=1S/C16H24N4O4/c1-11-4-7-15(22)20(18-11)10-14(21)17-9-13-6-5-12(19(13)2)8-16(23)24-3/h4,7,12-13H,5-6,8-10H2,1-3H3,(H,17,21)/t12-,13+/m1/s1. The van der Waals surface area contributed by atoms with Crippen molar-refractivity contribution in [3.05, 3.63) is 28.2 Å². The predicted molar refractivity (Wildman–Crippen MR) is 87.4 cm³/mol. The van der Waals surface area contributed by atoms with Crippen LogP contribution in [-0.2, 0) is 20.9 Å². The Morgan fingerprint density at radius 2 is 2.04 bits per heavy atom. The van der Waals surface area contributed by atoms with Gasteiger partial charge in [0.05, 0.1) is 19.2 Å². The molecule has 24 heavy (non-hydrogen) atoms. The third-order valence-corrected chi connectivity index (χ3v) is 4.44. The van der Waals surface area contributed by atoms with Crippen molar-refractivity contribution in [1.82, 2.24) is 20.0 Å². The van der Waals surface area contributed by atoms with Crippen LogP contribution in [0.3, 0.4) is 0 Å². The zero-order valence-electron chi connectivity index (χ0n) is 14.3. The minimum atomic E-state index is -0.299. The zero-order chi connectivity index (χ0) is 17.7. The summed E-state index contributed by atoms with van der Waals surface area (Å²) in [6, 6.07) is 3.33. The number of nitrogens with one attached hydrogen (secondary N) is 1. The lowest BCUT2D eigenvalue weighted by atomic mass is 10.1. The molecule has 1 aromatic rings. The van der Waals surface area contributed by atoms with Crippen LogP contribution in [0.1, 0.15) is 25.0 Å². The van der Waals surface area contributed by atoms with Gasteiger partial charge in [-0.3, -0.25) is 19.3 Å². The maximum Gasteiger partial charge on any atom is 0.307 e. The minimum absolute atomic E-state index is 0.0947. The van der Waals surface area contributed by atoms with Crippen molar-refractivity contribution < 1.29 is 14.3 Å². The maximum absolute atomic E-state index is 12.0. The molecule has 0 aromatic carbocycles. The highest BCUT2D eigenvalue weighted by atomic mass is 16.5. The number of carbonyl (C=O) groups is 2. The van der Waals surface area contributed by atoms with Crippen LogP contribution in [0.25, 0.3) is 0 Å². The number of rotatable bonds is 6. The van der Waals surface area contributed by atoms with Crippen LogP contribution in [-0.4, -0.2) is 59.3 Å². The summed E-state index contributed by atoms with van der Waals surface area (Å²) in [5.41, 5.74) is 0.385. The Bertz CT molecular complexity index is 658. The fraction of sp³-hybridized carbons (Fsp3) is 0.625. The third kappa shape index (κ3) is 4.64. The molecule has 1 saturated heterocycles. The van der Waals surface area contributed by atoms with E-state index in [1.165, 1.54) is 13.2 Å². The van der Waals surface area contributed by atoms with Gasteiger partial charge in [0.2, 0.25) is 5.91 Å². The average Bonchev–Trinajstić information content (AvgIpc) is 2.89. The first-order valence-corrected chi connectivity index (χ1v) is 8.01. The summed E-state index contributed by atoms with van der Waals surface area (Å²) in [6.45, 7) is 2.15. The van der Waals surface area contributed by atoms with Crippen molar-refractivity contribution in [2.24, 2.45) is 0 Å². The Morgan fingerprint density at radius 1 is 1.33 bits per heavy atom. The number of hydrogen-bond acceptors (Lipinski definition) is 6. The summed E-state index contributed by atoms with van der Waals surface area (Å²) in [6.07, 6.45) is 2.16. The number of hydrogen-bond donors (Lipinski definition) is 1. The molecule has 0 bridgehead atoms. The molecule has 8 nitrogen and oxygen atoms in total. The number of ether oxygens (including phenoxy) is 1. The molecule has 0 aliphatic carbocycles. The van der Waals surface area contributed by atoms with Crippen molar-refractivity contribution in [2.45, 2.75) is 44.8 Å². The van der Waals surface area contributed by atoms with E-state index in [9.17, 15) is 14.4 Å². The zero-order valence-corrected chi connectivity index (χ0v) is 14.3. The second-order valence-corrected chi connectivity index (χ2v) is 6.11. The average molecular weight is 336 g/mol.